The van der Waals surface area contributed by atoms with E-state index in [2.05, 4.69) is 0 Å². The van der Waals surface area contributed by atoms with Crippen LogP contribution in [0.2, 0.25) is 15.1 Å². The van der Waals surface area contributed by atoms with Gasteiger partial charge in [0.2, 0.25) is 0 Å². The zero-order chi connectivity index (χ0) is 21.3. The standard InChI is InChI=1S/C20H17Cl3F3NO2/c21-13-4-5-14(17(23)9-13)18(27-7-1-2-12(10-27)19(28)29)11-3-6-16(22)15(8-11)20(24,25)26/h3-6,8-9,12,18H,1-2,7,10H2,(H,28,29). The van der Waals surface area contributed by atoms with Gasteiger partial charge in [0, 0.05) is 16.6 Å². The summed E-state index contributed by atoms with van der Waals surface area (Å²) in [5, 5.41) is 9.71. The van der Waals surface area contributed by atoms with Crippen LogP contribution in [0.1, 0.15) is 35.6 Å². The average Bonchev–Trinajstić information content (AvgIpc) is 2.64. The van der Waals surface area contributed by atoms with Crippen molar-refractivity contribution in [3.8, 4) is 0 Å². The van der Waals surface area contributed by atoms with Crippen molar-refractivity contribution in [3.05, 3.63) is 68.2 Å². The van der Waals surface area contributed by atoms with Crippen molar-refractivity contribution < 1.29 is 23.1 Å². The molecule has 3 rings (SSSR count). The van der Waals surface area contributed by atoms with E-state index in [9.17, 15) is 23.1 Å². The zero-order valence-corrected chi connectivity index (χ0v) is 17.3. The van der Waals surface area contributed by atoms with Gasteiger partial charge in [-0.25, -0.2) is 0 Å². The quantitative estimate of drug-likeness (QED) is 0.555. The first-order valence-electron chi connectivity index (χ1n) is 8.86. The Morgan fingerprint density at radius 3 is 2.45 bits per heavy atom. The number of halogens is 6. The summed E-state index contributed by atoms with van der Waals surface area (Å²) in [6.07, 6.45) is -3.49. The van der Waals surface area contributed by atoms with Crippen LogP contribution in [0, 0.1) is 5.92 Å². The van der Waals surface area contributed by atoms with Gasteiger partial charge in [0.25, 0.3) is 0 Å². The third-order valence-corrected chi connectivity index (χ3v) is 5.93. The summed E-state index contributed by atoms with van der Waals surface area (Å²) in [6, 6.07) is 7.83. The number of rotatable bonds is 4. The van der Waals surface area contributed by atoms with Gasteiger partial charge in [0.1, 0.15) is 0 Å². The largest absolute Gasteiger partial charge is 0.481 e. The molecule has 1 saturated heterocycles. The lowest BCUT2D eigenvalue weighted by molar-refractivity contribution is -0.143. The molecule has 2 unspecified atom stereocenters. The maximum Gasteiger partial charge on any atom is 0.417 e. The van der Waals surface area contributed by atoms with Gasteiger partial charge in [-0.15, -0.1) is 0 Å². The van der Waals surface area contributed by atoms with E-state index in [1.807, 2.05) is 4.90 Å². The number of hydrogen-bond acceptors (Lipinski definition) is 2. The predicted octanol–water partition coefficient (Wildman–Crippen LogP) is 6.55. The number of benzene rings is 2. The van der Waals surface area contributed by atoms with Crippen LogP contribution in [0.25, 0.3) is 0 Å². The van der Waals surface area contributed by atoms with Crippen molar-refractivity contribution in [2.24, 2.45) is 5.92 Å². The number of nitrogens with zero attached hydrogens (tertiary/aromatic N) is 1. The summed E-state index contributed by atoms with van der Waals surface area (Å²) < 4.78 is 40.3. The molecule has 3 nitrogen and oxygen atoms in total. The number of aliphatic carboxylic acids is 1. The van der Waals surface area contributed by atoms with E-state index in [0.717, 1.165) is 6.07 Å². The van der Waals surface area contributed by atoms with Crippen LogP contribution in [-0.2, 0) is 11.0 Å². The molecule has 0 aromatic heterocycles. The molecule has 2 aromatic carbocycles. The van der Waals surface area contributed by atoms with Crippen LogP contribution >= 0.6 is 34.8 Å². The molecule has 2 aromatic rings. The van der Waals surface area contributed by atoms with Gasteiger partial charge in [0.05, 0.1) is 22.5 Å². The molecule has 0 amide bonds. The fourth-order valence-corrected chi connectivity index (χ4v) is 4.42. The molecule has 0 aliphatic carbocycles. The van der Waals surface area contributed by atoms with Crippen LogP contribution in [0.15, 0.2) is 36.4 Å². The number of carboxylic acid groups (broad SMARTS) is 1. The molecular formula is C20H17Cl3F3NO2. The number of alkyl halides is 3. The van der Waals surface area contributed by atoms with E-state index in [1.54, 1.807) is 12.1 Å². The highest BCUT2D eigenvalue weighted by Crippen LogP contribution is 2.41. The Morgan fingerprint density at radius 2 is 1.83 bits per heavy atom. The number of carboxylic acids is 1. The number of carbonyl (C=O) groups is 1. The fourth-order valence-electron chi connectivity index (χ4n) is 3.68. The van der Waals surface area contributed by atoms with Crippen LogP contribution < -0.4 is 0 Å². The summed E-state index contributed by atoms with van der Waals surface area (Å²) in [5.41, 5.74) is -0.0620. The number of piperidine rings is 1. The molecule has 1 aliphatic heterocycles. The highest BCUT2D eigenvalue weighted by atomic mass is 35.5. The molecule has 0 spiro atoms. The van der Waals surface area contributed by atoms with E-state index in [4.69, 9.17) is 34.8 Å². The minimum absolute atomic E-state index is 0.197. The van der Waals surface area contributed by atoms with Crippen molar-refractivity contribution in [2.45, 2.75) is 25.1 Å². The molecule has 1 heterocycles. The summed E-state index contributed by atoms with van der Waals surface area (Å²) in [5.74, 6) is -1.53. The first kappa shape index (κ1) is 22.2. The minimum atomic E-state index is -4.62. The lowest BCUT2D eigenvalue weighted by atomic mass is 9.90. The second-order valence-electron chi connectivity index (χ2n) is 6.98. The first-order chi connectivity index (χ1) is 13.6. The Hall–Kier alpha value is -1.47. The number of hydrogen-bond donors (Lipinski definition) is 1. The van der Waals surface area contributed by atoms with Gasteiger partial charge >= 0.3 is 12.1 Å². The third kappa shape index (κ3) is 5.00. The SMILES string of the molecule is O=C(O)C1CCCN(C(c2ccc(Cl)c(C(F)(F)F)c2)c2ccc(Cl)cc2Cl)C1. The predicted molar refractivity (Wildman–Crippen MR) is 107 cm³/mol. The van der Waals surface area contributed by atoms with E-state index in [-0.39, 0.29) is 6.54 Å². The Balaban J connectivity index is 2.12. The monoisotopic (exact) mass is 465 g/mol. The second kappa shape index (κ2) is 8.72. The molecule has 1 fully saturated rings. The number of likely N-dealkylation sites (tertiary alicyclic amines) is 1. The molecule has 156 valence electrons. The molecule has 1 N–H and O–H groups in total. The molecule has 29 heavy (non-hydrogen) atoms. The summed E-state index contributed by atoms with van der Waals surface area (Å²) in [4.78, 5) is 13.3. The second-order valence-corrected chi connectivity index (χ2v) is 8.23. The average molecular weight is 467 g/mol. The van der Waals surface area contributed by atoms with Gasteiger partial charge in [-0.2, -0.15) is 13.2 Å². The van der Waals surface area contributed by atoms with Gasteiger partial charge in [0.15, 0.2) is 0 Å². The van der Waals surface area contributed by atoms with Crippen LogP contribution in [0.4, 0.5) is 13.2 Å². The molecule has 0 saturated carbocycles. The topological polar surface area (TPSA) is 40.5 Å². The highest BCUT2D eigenvalue weighted by Gasteiger charge is 2.36. The maximum absolute atomic E-state index is 13.4. The summed E-state index contributed by atoms with van der Waals surface area (Å²) >= 11 is 18.1. The molecular weight excluding hydrogens is 450 g/mol. The minimum Gasteiger partial charge on any atom is -0.481 e. The maximum atomic E-state index is 13.4. The lowest BCUT2D eigenvalue weighted by Gasteiger charge is -2.38. The highest BCUT2D eigenvalue weighted by molar-refractivity contribution is 6.35. The van der Waals surface area contributed by atoms with E-state index < -0.39 is 34.7 Å². The van der Waals surface area contributed by atoms with Gasteiger partial charge in [-0.1, -0.05) is 46.9 Å². The van der Waals surface area contributed by atoms with Crippen LogP contribution in [-0.4, -0.2) is 29.1 Å². The molecule has 1 aliphatic rings. The van der Waals surface area contributed by atoms with Gasteiger partial charge in [-0.3, -0.25) is 9.69 Å². The van der Waals surface area contributed by atoms with Crippen LogP contribution in [0.5, 0.6) is 0 Å². The summed E-state index contributed by atoms with van der Waals surface area (Å²) in [7, 11) is 0. The molecule has 2 atom stereocenters. The first-order valence-corrected chi connectivity index (χ1v) is 9.99. The smallest absolute Gasteiger partial charge is 0.417 e. The Bertz CT molecular complexity index is 920. The van der Waals surface area contributed by atoms with Crippen molar-refractivity contribution in [1.82, 2.24) is 4.90 Å². The molecule has 0 bridgehead atoms. The summed E-state index contributed by atoms with van der Waals surface area (Å²) in [6.45, 7) is 0.723. The van der Waals surface area contributed by atoms with E-state index >= 15 is 0 Å². The van der Waals surface area contributed by atoms with Crippen molar-refractivity contribution in [1.29, 1.82) is 0 Å². The normalized spacial score (nSPS) is 19.2. The lowest BCUT2D eigenvalue weighted by Crippen LogP contribution is -2.41. The van der Waals surface area contributed by atoms with Gasteiger partial charge in [-0.05, 0) is 54.8 Å². The van der Waals surface area contributed by atoms with Crippen LogP contribution in [0.3, 0.4) is 0 Å². The van der Waals surface area contributed by atoms with Crippen molar-refractivity contribution >= 4 is 40.8 Å². The van der Waals surface area contributed by atoms with Gasteiger partial charge < -0.3 is 5.11 Å². The van der Waals surface area contributed by atoms with Crippen molar-refractivity contribution in [3.63, 3.8) is 0 Å². The fraction of sp³-hybridized carbons (Fsp3) is 0.350. The Morgan fingerprint density at radius 1 is 1.10 bits per heavy atom. The van der Waals surface area contributed by atoms with Crippen molar-refractivity contribution in [2.75, 3.05) is 13.1 Å². The van der Waals surface area contributed by atoms with E-state index in [1.165, 1.54) is 18.2 Å². The molecule has 0 radical (unpaired) electrons. The third-order valence-electron chi connectivity index (χ3n) is 5.04. The zero-order valence-electron chi connectivity index (χ0n) is 15.0. The Labute approximate surface area is 181 Å². The molecule has 9 heteroatoms. The van der Waals surface area contributed by atoms with E-state index in [0.29, 0.717) is 40.6 Å². The Kier molecular flexibility index (Phi) is 6.68.